The Kier molecular flexibility index (Phi) is 8.67. The van der Waals surface area contributed by atoms with E-state index in [-0.39, 0.29) is 0 Å². The lowest BCUT2D eigenvalue weighted by molar-refractivity contribution is 0.0579. The molecule has 0 bridgehead atoms. The molecule has 3 nitrogen and oxygen atoms in total. The molecule has 0 amide bonds. The van der Waals surface area contributed by atoms with E-state index in [4.69, 9.17) is 9.47 Å². The molecule has 1 rings (SSSR count). The van der Waals surface area contributed by atoms with Gasteiger partial charge < -0.3 is 14.8 Å². The second-order valence-electron chi connectivity index (χ2n) is 5.14. The number of ether oxygens (including phenoxy) is 2. The molecule has 1 aliphatic heterocycles. The maximum Gasteiger partial charge on any atom is 0.0587 e. The first-order valence-electron chi connectivity index (χ1n) is 7.14. The summed E-state index contributed by atoms with van der Waals surface area (Å²) in [6.45, 7) is 7.17. The van der Waals surface area contributed by atoms with E-state index >= 15 is 0 Å². The van der Waals surface area contributed by atoms with E-state index in [1.54, 1.807) is 7.11 Å². The first kappa shape index (κ1) is 14.9. The molecular weight excluding hydrogens is 214 g/mol. The summed E-state index contributed by atoms with van der Waals surface area (Å²) in [7, 11) is 1.76. The van der Waals surface area contributed by atoms with Gasteiger partial charge in [0.1, 0.15) is 0 Å². The Hall–Kier alpha value is -0.120. The van der Waals surface area contributed by atoms with Crippen LogP contribution in [0.5, 0.6) is 0 Å². The summed E-state index contributed by atoms with van der Waals surface area (Å²) in [5, 5.41) is 3.50. The molecule has 17 heavy (non-hydrogen) atoms. The Bertz CT molecular complexity index is 170. The van der Waals surface area contributed by atoms with Crippen molar-refractivity contribution in [2.24, 2.45) is 11.8 Å². The zero-order valence-electron chi connectivity index (χ0n) is 11.5. The lowest BCUT2D eigenvalue weighted by Crippen LogP contribution is -2.28. The predicted molar refractivity (Wildman–Crippen MR) is 71.3 cm³/mol. The average molecular weight is 243 g/mol. The maximum atomic E-state index is 5.42. The molecule has 0 spiro atoms. The van der Waals surface area contributed by atoms with Gasteiger partial charge in [-0.2, -0.15) is 0 Å². The summed E-state index contributed by atoms with van der Waals surface area (Å²) in [4.78, 5) is 0. The molecule has 0 radical (unpaired) electrons. The van der Waals surface area contributed by atoms with Crippen molar-refractivity contribution in [3.05, 3.63) is 0 Å². The normalized spacial score (nSPS) is 19.4. The third-order valence-electron chi connectivity index (χ3n) is 3.62. The van der Waals surface area contributed by atoms with Gasteiger partial charge in [-0.15, -0.1) is 0 Å². The van der Waals surface area contributed by atoms with Crippen LogP contribution in [0.3, 0.4) is 0 Å². The Labute approximate surface area is 106 Å². The third-order valence-corrected chi connectivity index (χ3v) is 3.62. The fourth-order valence-corrected chi connectivity index (χ4v) is 2.65. The van der Waals surface area contributed by atoms with Crippen molar-refractivity contribution in [2.45, 2.75) is 39.0 Å². The number of hydrogen-bond donors (Lipinski definition) is 1. The summed E-state index contributed by atoms with van der Waals surface area (Å²) in [6, 6.07) is 0. The van der Waals surface area contributed by atoms with Crippen molar-refractivity contribution in [2.75, 3.05) is 40.0 Å². The molecule has 1 N–H and O–H groups in total. The number of rotatable bonds is 9. The van der Waals surface area contributed by atoms with Crippen molar-refractivity contribution < 1.29 is 9.47 Å². The maximum absolute atomic E-state index is 5.42. The molecule has 1 aliphatic rings. The Morgan fingerprint density at radius 3 is 2.76 bits per heavy atom. The fraction of sp³-hybridized carbons (Fsp3) is 1.00. The highest BCUT2D eigenvalue weighted by Gasteiger charge is 2.18. The minimum atomic E-state index is 0.816. The number of methoxy groups -OCH3 is 1. The highest BCUT2D eigenvalue weighted by molar-refractivity contribution is 4.71. The smallest absolute Gasteiger partial charge is 0.0587 e. The van der Waals surface area contributed by atoms with Gasteiger partial charge in [0.2, 0.25) is 0 Å². The molecule has 0 aliphatic carbocycles. The Morgan fingerprint density at radius 2 is 2.12 bits per heavy atom. The van der Waals surface area contributed by atoms with Crippen LogP contribution in [0.4, 0.5) is 0 Å². The molecule has 0 aromatic carbocycles. The van der Waals surface area contributed by atoms with Gasteiger partial charge >= 0.3 is 0 Å². The second kappa shape index (κ2) is 9.86. The minimum absolute atomic E-state index is 0.816. The molecule has 1 unspecified atom stereocenters. The van der Waals surface area contributed by atoms with Gasteiger partial charge in [0.15, 0.2) is 0 Å². The van der Waals surface area contributed by atoms with E-state index in [1.165, 1.54) is 32.1 Å². The van der Waals surface area contributed by atoms with Crippen LogP contribution in [0.1, 0.15) is 39.0 Å². The van der Waals surface area contributed by atoms with E-state index in [2.05, 4.69) is 12.2 Å². The lowest BCUT2D eigenvalue weighted by Gasteiger charge is -2.26. The largest absolute Gasteiger partial charge is 0.383 e. The predicted octanol–water partition coefficient (Wildman–Crippen LogP) is 2.46. The molecule has 1 saturated heterocycles. The fourth-order valence-electron chi connectivity index (χ4n) is 2.65. The van der Waals surface area contributed by atoms with Crippen LogP contribution in [-0.4, -0.2) is 40.0 Å². The van der Waals surface area contributed by atoms with Gasteiger partial charge in [-0.3, -0.25) is 0 Å². The molecule has 102 valence electrons. The van der Waals surface area contributed by atoms with E-state index in [0.29, 0.717) is 0 Å². The second-order valence-corrected chi connectivity index (χ2v) is 5.14. The first-order chi connectivity index (χ1) is 8.36. The van der Waals surface area contributed by atoms with Crippen LogP contribution in [0.2, 0.25) is 0 Å². The van der Waals surface area contributed by atoms with Gasteiger partial charge in [-0.25, -0.2) is 0 Å². The molecular formula is C14H29NO2. The zero-order valence-corrected chi connectivity index (χ0v) is 11.5. The van der Waals surface area contributed by atoms with E-state index in [0.717, 1.165) is 44.7 Å². The van der Waals surface area contributed by atoms with Crippen LogP contribution in [0.25, 0.3) is 0 Å². The van der Waals surface area contributed by atoms with Gasteiger partial charge in [0, 0.05) is 26.9 Å². The van der Waals surface area contributed by atoms with Crippen LogP contribution in [0, 0.1) is 11.8 Å². The van der Waals surface area contributed by atoms with E-state index < -0.39 is 0 Å². The topological polar surface area (TPSA) is 30.5 Å². The zero-order chi connectivity index (χ0) is 12.3. The summed E-state index contributed by atoms with van der Waals surface area (Å²) in [6.07, 6.45) is 6.53. The van der Waals surface area contributed by atoms with E-state index in [9.17, 15) is 0 Å². The van der Waals surface area contributed by atoms with Gasteiger partial charge in [0.25, 0.3) is 0 Å². The van der Waals surface area contributed by atoms with Gasteiger partial charge in [0.05, 0.1) is 6.61 Å². The van der Waals surface area contributed by atoms with Crippen molar-refractivity contribution in [3.8, 4) is 0 Å². The molecule has 1 atom stereocenters. The monoisotopic (exact) mass is 243 g/mol. The molecule has 1 heterocycles. The minimum Gasteiger partial charge on any atom is -0.383 e. The average Bonchev–Trinajstić information content (AvgIpc) is 2.36. The quantitative estimate of drug-likeness (QED) is 0.631. The van der Waals surface area contributed by atoms with Gasteiger partial charge in [-0.05, 0) is 44.1 Å². The van der Waals surface area contributed by atoms with Crippen molar-refractivity contribution in [1.82, 2.24) is 5.32 Å². The van der Waals surface area contributed by atoms with E-state index in [1.807, 2.05) is 0 Å². The standard InChI is InChI=1S/C14H29NO2/c1-3-4-14(12-15-7-10-16-2)11-13-5-8-17-9-6-13/h13-15H,3-12H2,1-2H3. The summed E-state index contributed by atoms with van der Waals surface area (Å²) >= 11 is 0. The van der Waals surface area contributed by atoms with Crippen molar-refractivity contribution in [1.29, 1.82) is 0 Å². The Balaban J connectivity index is 2.16. The summed E-state index contributed by atoms with van der Waals surface area (Å²) in [5.41, 5.74) is 0. The van der Waals surface area contributed by atoms with Crippen LogP contribution in [-0.2, 0) is 9.47 Å². The Morgan fingerprint density at radius 1 is 1.35 bits per heavy atom. The molecule has 1 fully saturated rings. The van der Waals surface area contributed by atoms with Crippen molar-refractivity contribution >= 4 is 0 Å². The summed E-state index contributed by atoms with van der Waals surface area (Å²) in [5.74, 6) is 1.73. The number of hydrogen-bond acceptors (Lipinski definition) is 3. The molecule has 0 aromatic rings. The third kappa shape index (κ3) is 7.02. The number of nitrogens with one attached hydrogen (secondary N) is 1. The molecule has 0 aromatic heterocycles. The van der Waals surface area contributed by atoms with Crippen LogP contribution < -0.4 is 5.32 Å². The van der Waals surface area contributed by atoms with Crippen LogP contribution in [0.15, 0.2) is 0 Å². The molecule has 0 saturated carbocycles. The van der Waals surface area contributed by atoms with Crippen LogP contribution >= 0.6 is 0 Å². The molecule has 3 heteroatoms. The van der Waals surface area contributed by atoms with Gasteiger partial charge in [-0.1, -0.05) is 13.3 Å². The summed E-state index contributed by atoms with van der Waals surface area (Å²) < 4.78 is 10.5. The first-order valence-corrected chi connectivity index (χ1v) is 7.14. The highest BCUT2D eigenvalue weighted by atomic mass is 16.5. The SMILES string of the molecule is CCCC(CNCCOC)CC1CCOCC1. The highest BCUT2D eigenvalue weighted by Crippen LogP contribution is 2.25. The lowest BCUT2D eigenvalue weighted by atomic mass is 9.86. The van der Waals surface area contributed by atoms with Crippen molar-refractivity contribution in [3.63, 3.8) is 0 Å².